The van der Waals surface area contributed by atoms with Gasteiger partial charge in [0.15, 0.2) is 0 Å². The average Bonchev–Trinajstić information content (AvgIpc) is 2.06. The third kappa shape index (κ3) is 2.20. The summed E-state index contributed by atoms with van der Waals surface area (Å²) in [6.45, 7) is 0.270. The Morgan fingerprint density at radius 2 is 1.91 bits per heavy atom. The highest BCUT2D eigenvalue weighted by atomic mass is 16.3. The molecular weight excluding hydrogens is 138 g/mol. The number of aliphatic hydroxyl groups excluding tert-OH is 1. The lowest BCUT2D eigenvalue weighted by Gasteiger charge is -2.28. The van der Waals surface area contributed by atoms with Crippen LogP contribution in [0, 0.1) is 23.2 Å². The van der Waals surface area contributed by atoms with Gasteiger partial charge in [0.05, 0.1) is 6.07 Å². The van der Waals surface area contributed by atoms with Gasteiger partial charge in [0.2, 0.25) is 0 Å². The molecule has 0 aromatic rings. The molecule has 0 amide bonds. The summed E-state index contributed by atoms with van der Waals surface area (Å²) in [5.74, 6) is 0.877. The van der Waals surface area contributed by atoms with Crippen molar-refractivity contribution in [1.82, 2.24) is 0 Å². The standard InChI is InChI=1S/C9H15NO/c10-6-5-8-3-1-2-4-9(8)7-11/h8-9,11H,1-5,7H2/t8?,9-/m1/s1. The Morgan fingerprint density at radius 1 is 1.27 bits per heavy atom. The first kappa shape index (κ1) is 8.55. The van der Waals surface area contributed by atoms with Gasteiger partial charge in [0.25, 0.3) is 0 Å². The summed E-state index contributed by atoms with van der Waals surface area (Å²) in [6.07, 6.45) is 5.35. The molecule has 62 valence electrons. The van der Waals surface area contributed by atoms with Crippen LogP contribution < -0.4 is 0 Å². The van der Waals surface area contributed by atoms with E-state index in [2.05, 4.69) is 6.07 Å². The summed E-state index contributed by atoms with van der Waals surface area (Å²) in [7, 11) is 0. The maximum absolute atomic E-state index is 8.98. The van der Waals surface area contributed by atoms with Gasteiger partial charge in [0, 0.05) is 13.0 Å². The third-order valence-electron chi connectivity index (χ3n) is 2.65. The summed E-state index contributed by atoms with van der Waals surface area (Å²) in [5, 5.41) is 17.5. The van der Waals surface area contributed by atoms with Crippen LogP contribution in [0.1, 0.15) is 32.1 Å². The van der Waals surface area contributed by atoms with Crippen LogP contribution in [0.5, 0.6) is 0 Å². The van der Waals surface area contributed by atoms with Crippen molar-refractivity contribution >= 4 is 0 Å². The predicted octanol–water partition coefficient (Wildman–Crippen LogP) is 1.70. The fourth-order valence-electron chi connectivity index (χ4n) is 1.91. The summed E-state index contributed by atoms with van der Waals surface area (Å²) < 4.78 is 0. The van der Waals surface area contributed by atoms with Crippen molar-refractivity contribution in [2.24, 2.45) is 11.8 Å². The zero-order valence-electron chi connectivity index (χ0n) is 6.79. The van der Waals surface area contributed by atoms with Crippen LogP contribution in [-0.2, 0) is 0 Å². The lowest BCUT2D eigenvalue weighted by atomic mass is 9.78. The summed E-state index contributed by atoms with van der Waals surface area (Å²) in [6, 6.07) is 2.19. The maximum atomic E-state index is 8.98. The molecule has 0 spiro atoms. The fraction of sp³-hybridized carbons (Fsp3) is 0.889. The van der Waals surface area contributed by atoms with Crippen molar-refractivity contribution in [3.05, 3.63) is 0 Å². The van der Waals surface area contributed by atoms with Gasteiger partial charge in [-0.1, -0.05) is 12.8 Å². The Kier molecular flexibility index (Phi) is 3.38. The van der Waals surface area contributed by atoms with Gasteiger partial charge in [-0.3, -0.25) is 0 Å². The minimum Gasteiger partial charge on any atom is -0.396 e. The molecule has 1 aliphatic carbocycles. The van der Waals surface area contributed by atoms with E-state index in [-0.39, 0.29) is 6.61 Å². The van der Waals surface area contributed by atoms with Crippen molar-refractivity contribution in [1.29, 1.82) is 5.26 Å². The first-order valence-electron chi connectivity index (χ1n) is 4.36. The molecule has 1 rings (SSSR count). The first-order chi connectivity index (χ1) is 5.38. The second-order valence-electron chi connectivity index (χ2n) is 3.35. The lowest BCUT2D eigenvalue weighted by Crippen LogP contribution is -2.22. The summed E-state index contributed by atoms with van der Waals surface area (Å²) >= 11 is 0. The Morgan fingerprint density at radius 3 is 2.45 bits per heavy atom. The van der Waals surface area contributed by atoms with Crippen LogP contribution in [0.25, 0.3) is 0 Å². The van der Waals surface area contributed by atoms with Crippen molar-refractivity contribution < 1.29 is 5.11 Å². The Hall–Kier alpha value is -0.550. The van der Waals surface area contributed by atoms with Crippen LogP contribution in [-0.4, -0.2) is 11.7 Å². The molecule has 2 heteroatoms. The predicted molar refractivity (Wildman–Crippen MR) is 42.8 cm³/mol. The van der Waals surface area contributed by atoms with Crippen LogP contribution in [0.3, 0.4) is 0 Å². The minimum absolute atomic E-state index is 0.270. The first-order valence-corrected chi connectivity index (χ1v) is 4.36. The number of hydrogen-bond donors (Lipinski definition) is 1. The topological polar surface area (TPSA) is 44.0 Å². The number of hydrogen-bond acceptors (Lipinski definition) is 2. The molecule has 2 atom stereocenters. The van der Waals surface area contributed by atoms with E-state index in [1.807, 2.05) is 0 Å². The quantitative estimate of drug-likeness (QED) is 0.656. The molecule has 0 radical (unpaired) electrons. The highest BCUT2D eigenvalue weighted by molar-refractivity contribution is 4.83. The zero-order chi connectivity index (χ0) is 8.10. The fourth-order valence-corrected chi connectivity index (χ4v) is 1.91. The molecule has 1 aliphatic rings. The maximum Gasteiger partial charge on any atom is 0.0624 e. The van der Waals surface area contributed by atoms with Gasteiger partial charge in [-0.25, -0.2) is 0 Å². The second kappa shape index (κ2) is 4.35. The van der Waals surface area contributed by atoms with E-state index in [0.717, 1.165) is 12.8 Å². The molecule has 0 bridgehead atoms. The van der Waals surface area contributed by atoms with E-state index >= 15 is 0 Å². The van der Waals surface area contributed by atoms with Crippen LogP contribution >= 0.6 is 0 Å². The monoisotopic (exact) mass is 153 g/mol. The molecule has 0 heterocycles. The van der Waals surface area contributed by atoms with Gasteiger partial charge in [-0.2, -0.15) is 5.26 Å². The van der Waals surface area contributed by atoms with Gasteiger partial charge in [0.1, 0.15) is 0 Å². The average molecular weight is 153 g/mol. The molecule has 0 aliphatic heterocycles. The molecule has 11 heavy (non-hydrogen) atoms. The number of nitrogens with zero attached hydrogens (tertiary/aromatic N) is 1. The van der Waals surface area contributed by atoms with Crippen molar-refractivity contribution in [3.63, 3.8) is 0 Å². The van der Waals surface area contributed by atoms with E-state index in [4.69, 9.17) is 10.4 Å². The normalized spacial score (nSPS) is 31.3. The molecule has 2 nitrogen and oxygen atoms in total. The molecule has 0 saturated heterocycles. The van der Waals surface area contributed by atoms with Crippen molar-refractivity contribution in [2.45, 2.75) is 32.1 Å². The van der Waals surface area contributed by atoms with Crippen LogP contribution in [0.2, 0.25) is 0 Å². The number of aliphatic hydroxyl groups is 1. The number of rotatable bonds is 2. The van der Waals surface area contributed by atoms with E-state index in [9.17, 15) is 0 Å². The summed E-state index contributed by atoms with van der Waals surface area (Å²) in [4.78, 5) is 0. The lowest BCUT2D eigenvalue weighted by molar-refractivity contribution is 0.137. The largest absolute Gasteiger partial charge is 0.396 e. The molecule has 1 fully saturated rings. The molecular formula is C9H15NO. The highest BCUT2D eigenvalue weighted by Gasteiger charge is 2.23. The molecule has 0 aromatic carbocycles. The van der Waals surface area contributed by atoms with E-state index in [1.54, 1.807) is 0 Å². The van der Waals surface area contributed by atoms with Crippen LogP contribution in [0.4, 0.5) is 0 Å². The van der Waals surface area contributed by atoms with Gasteiger partial charge in [-0.15, -0.1) is 0 Å². The molecule has 1 saturated carbocycles. The van der Waals surface area contributed by atoms with E-state index < -0.39 is 0 Å². The van der Waals surface area contributed by atoms with Crippen LogP contribution in [0.15, 0.2) is 0 Å². The van der Waals surface area contributed by atoms with E-state index in [0.29, 0.717) is 18.3 Å². The molecule has 0 aromatic heterocycles. The molecule has 1 unspecified atom stereocenters. The summed E-state index contributed by atoms with van der Waals surface area (Å²) in [5.41, 5.74) is 0. The van der Waals surface area contributed by atoms with Gasteiger partial charge >= 0.3 is 0 Å². The van der Waals surface area contributed by atoms with Crippen molar-refractivity contribution in [2.75, 3.05) is 6.61 Å². The van der Waals surface area contributed by atoms with E-state index in [1.165, 1.54) is 12.8 Å². The molecule has 1 N–H and O–H groups in total. The van der Waals surface area contributed by atoms with Gasteiger partial charge in [-0.05, 0) is 24.7 Å². The van der Waals surface area contributed by atoms with Crippen molar-refractivity contribution in [3.8, 4) is 6.07 Å². The highest BCUT2D eigenvalue weighted by Crippen LogP contribution is 2.31. The number of nitriles is 1. The smallest absolute Gasteiger partial charge is 0.0624 e. The second-order valence-corrected chi connectivity index (χ2v) is 3.35. The zero-order valence-corrected chi connectivity index (χ0v) is 6.79. The minimum atomic E-state index is 0.270. The third-order valence-corrected chi connectivity index (χ3v) is 2.65. The Balaban J connectivity index is 2.39. The Bertz CT molecular complexity index is 150. The Labute approximate surface area is 67.8 Å². The SMILES string of the molecule is N#CCC1CCCC[C@@H]1CO. The van der Waals surface area contributed by atoms with Gasteiger partial charge < -0.3 is 5.11 Å².